The Morgan fingerprint density at radius 1 is 1.25 bits per heavy atom. The second-order valence-electron chi connectivity index (χ2n) is 5.78. The number of hydrogen-bond acceptors (Lipinski definition) is 4. The Labute approximate surface area is 119 Å². The molecule has 5 nitrogen and oxygen atoms in total. The summed E-state index contributed by atoms with van der Waals surface area (Å²) in [6.07, 6.45) is 5.97. The molecule has 108 valence electrons. The van der Waals surface area contributed by atoms with Gasteiger partial charge in [0.15, 0.2) is 0 Å². The van der Waals surface area contributed by atoms with Gasteiger partial charge in [0.2, 0.25) is 0 Å². The molecule has 1 aliphatic carbocycles. The molecule has 1 unspecified atom stereocenters. The lowest BCUT2D eigenvalue weighted by molar-refractivity contribution is -0.384. The highest BCUT2D eigenvalue weighted by Crippen LogP contribution is 2.37. The first-order chi connectivity index (χ1) is 9.75. The topological polar surface area (TPSA) is 58.4 Å². The van der Waals surface area contributed by atoms with Crippen molar-refractivity contribution < 1.29 is 4.92 Å². The molecule has 2 aliphatic rings. The number of benzene rings is 1. The minimum atomic E-state index is -0.265. The number of nitrogens with zero attached hydrogens (tertiary/aromatic N) is 2. The smallest absolute Gasteiger partial charge is 0.292 e. The SMILES string of the molecule is O=[N+]([O-])c1ccccc1N(CC1CCCCN1)C1CC1. The zero-order chi connectivity index (χ0) is 13.9. The quantitative estimate of drug-likeness (QED) is 0.663. The average molecular weight is 275 g/mol. The molecule has 1 saturated heterocycles. The molecular weight excluding hydrogens is 254 g/mol. The van der Waals surface area contributed by atoms with Crippen LogP contribution in [0.15, 0.2) is 24.3 Å². The maximum absolute atomic E-state index is 11.2. The Bertz CT molecular complexity index is 482. The molecule has 1 aliphatic heterocycles. The summed E-state index contributed by atoms with van der Waals surface area (Å²) in [7, 11) is 0. The summed E-state index contributed by atoms with van der Waals surface area (Å²) >= 11 is 0. The van der Waals surface area contributed by atoms with Gasteiger partial charge in [-0.25, -0.2) is 0 Å². The minimum absolute atomic E-state index is 0.232. The predicted octanol–water partition coefficient (Wildman–Crippen LogP) is 2.71. The van der Waals surface area contributed by atoms with Crippen LogP contribution in [0.4, 0.5) is 11.4 Å². The lowest BCUT2D eigenvalue weighted by Gasteiger charge is -2.32. The standard InChI is InChI=1S/C15H21N3O2/c19-18(20)15-7-2-1-6-14(15)17(13-8-9-13)11-12-5-3-4-10-16-12/h1-2,6-7,12-13,16H,3-5,8-11H2. The maximum atomic E-state index is 11.2. The highest BCUT2D eigenvalue weighted by atomic mass is 16.6. The summed E-state index contributed by atoms with van der Waals surface area (Å²) in [5, 5.41) is 14.8. The van der Waals surface area contributed by atoms with Gasteiger partial charge in [-0.05, 0) is 38.3 Å². The number of nitrogens with one attached hydrogen (secondary N) is 1. The number of nitro groups is 1. The summed E-state index contributed by atoms with van der Waals surface area (Å²) in [5.41, 5.74) is 1.02. The van der Waals surface area contributed by atoms with Crippen LogP contribution >= 0.6 is 0 Å². The Hall–Kier alpha value is -1.62. The summed E-state index contributed by atoms with van der Waals surface area (Å²) in [4.78, 5) is 13.2. The van der Waals surface area contributed by atoms with Crippen molar-refractivity contribution >= 4 is 11.4 Å². The van der Waals surface area contributed by atoms with Gasteiger partial charge in [-0.3, -0.25) is 10.1 Å². The van der Waals surface area contributed by atoms with Gasteiger partial charge in [0, 0.05) is 24.7 Å². The fourth-order valence-corrected chi connectivity index (χ4v) is 3.01. The van der Waals surface area contributed by atoms with Crippen molar-refractivity contribution in [3.05, 3.63) is 34.4 Å². The average Bonchev–Trinajstić information content (AvgIpc) is 3.30. The van der Waals surface area contributed by atoms with Crippen LogP contribution in [-0.2, 0) is 0 Å². The zero-order valence-electron chi connectivity index (χ0n) is 11.6. The third-order valence-electron chi connectivity index (χ3n) is 4.20. The largest absolute Gasteiger partial charge is 0.361 e. The molecule has 0 bridgehead atoms. The van der Waals surface area contributed by atoms with Crippen LogP contribution in [0.5, 0.6) is 0 Å². The Morgan fingerprint density at radius 3 is 2.70 bits per heavy atom. The Kier molecular flexibility index (Phi) is 3.87. The normalized spacial score (nSPS) is 22.5. The van der Waals surface area contributed by atoms with Crippen molar-refractivity contribution in [3.63, 3.8) is 0 Å². The van der Waals surface area contributed by atoms with E-state index < -0.39 is 0 Å². The molecule has 0 spiro atoms. The van der Waals surface area contributed by atoms with Crippen LogP contribution in [0, 0.1) is 10.1 Å². The molecule has 0 amide bonds. The van der Waals surface area contributed by atoms with Crippen LogP contribution in [0.1, 0.15) is 32.1 Å². The van der Waals surface area contributed by atoms with Crippen molar-refractivity contribution in [2.75, 3.05) is 18.0 Å². The Balaban J connectivity index is 1.81. The molecule has 0 radical (unpaired) electrons. The number of anilines is 1. The number of nitro benzene ring substituents is 1. The minimum Gasteiger partial charge on any atom is -0.361 e. The van der Waals surface area contributed by atoms with Gasteiger partial charge in [-0.15, -0.1) is 0 Å². The molecule has 1 saturated carbocycles. The highest BCUT2D eigenvalue weighted by Gasteiger charge is 2.34. The van der Waals surface area contributed by atoms with Gasteiger partial charge in [-0.1, -0.05) is 18.6 Å². The first-order valence-electron chi connectivity index (χ1n) is 7.49. The van der Waals surface area contributed by atoms with E-state index in [1.54, 1.807) is 12.1 Å². The van der Waals surface area contributed by atoms with E-state index in [1.807, 2.05) is 12.1 Å². The first kappa shape index (κ1) is 13.4. The van der Waals surface area contributed by atoms with Gasteiger partial charge in [0.25, 0.3) is 5.69 Å². The van der Waals surface area contributed by atoms with Gasteiger partial charge in [0.1, 0.15) is 5.69 Å². The summed E-state index contributed by atoms with van der Waals surface area (Å²) in [6.45, 7) is 1.95. The van der Waals surface area contributed by atoms with E-state index in [-0.39, 0.29) is 10.6 Å². The zero-order valence-corrected chi connectivity index (χ0v) is 11.6. The Morgan fingerprint density at radius 2 is 2.05 bits per heavy atom. The molecule has 1 aromatic carbocycles. The fourth-order valence-electron chi connectivity index (χ4n) is 3.01. The van der Waals surface area contributed by atoms with Crippen molar-refractivity contribution in [1.82, 2.24) is 5.32 Å². The van der Waals surface area contributed by atoms with E-state index >= 15 is 0 Å². The molecule has 1 atom stereocenters. The number of hydrogen-bond donors (Lipinski definition) is 1. The van der Waals surface area contributed by atoms with Crippen molar-refractivity contribution in [3.8, 4) is 0 Å². The summed E-state index contributed by atoms with van der Waals surface area (Å²) in [5.74, 6) is 0. The lowest BCUT2D eigenvalue weighted by Crippen LogP contribution is -2.44. The number of piperidine rings is 1. The van der Waals surface area contributed by atoms with Gasteiger partial charge >= 0.3 is 0 Å². The monoisotopic (exact) mass is 275 g/mol. The van der Waals surface area contributed by atoms with Crippen LogP contribution in [0.2, 0.25) is 0 Å². The van der Waals surface area contributed by atoms with Crippen molar-refractivity contribution in [1.29, 1.82) is 0 Å². The van der Waals surface area contributed by atoms with E-state index in [4.69, 9.17) is 0 Å². The summed E-state index contributed by atoms with van der Waals surface area (Å²) < 4.78 is 0. The second kappa shape index (κ2) is 5.79. The highest BCUT2D eigenvalue weighted by molar-refractivity contribution is 5.64. The first-order valence-corrected chi connectivity index (χ1v) is 7.49. The van der Waals surface area contributed by atoms with Gasteiger partial charge < -0.3 is 10.2 Å². The molecule has 0 aromatic heterocycles. The van der Waals surface area contributed by atoms with Crippen molar-refractivity contribution in [2.45, 2.75) is 44.2 Å². The van der Waals surface area contributed by atoms with Crippen LogP contribution in [0.3, 0.4) is 0 Å². The van der Waals surface area contributed by atoms with E-state index in [2.05, 4.69) is 10.2 Å². The number of para-hydroxylation sites is 2. The van der Waals surface area contributed by atoms with E-state index in [1.165, 1.54) is 19.3 Å². The van der Waals surface area contributed by atoms with E-state index in [9.17, 15) is 10.1 Å². The second-order valence-corrected chi connectivity index (χ2v) is 5.78. The molecule has 2 fully saturated rings. The predicted molar refractivity (Wildman–Crippen MR) is 79.1 cm³/mol. The van der Waals surface area contributed by atoms with Gasteiger partial charge in [-0.2, -0.15) is 0 Å². The maximum Gasteiger partial charge on any atom is 0.292 e. The molecule has 20 heavy (non-hydrogen) atoms. The lowest BCUT2D eigenvalue weighted by atomic mass is 10.0. The molecule has 1 aromatic rings. The van der Waals surface area contributed by atoms with E-state index in [0.717, 1.165) is 31.6 Å². The van der Waals surface area contributed by atoms with Crippen molar-refractivity contribution in [2.24, 2.45) is 0 Å². The van der Waals surface area contributed by atoms with Gasteiger partial charge in [0.05, 0.1) is 4.92 Å². The van der Waals surface area contributed by atoms with Crippen LogP contribution in [-0.4, -0.2) is 30.1 Å². The molecule has 1 N–H and O–H groups in total. The molecule has 5 heteroatoms. The van der Waals surface area contributed by atoms with Crippen LogP contribution in [0.25, 0.3) is 0 Å². The molecular formula is C15H21N3O2. The van der Waals surface area contributed by atoms with E-state index in [0.29, 0.717) is 12.1 Å². The molecule has 3 rings (SSSR count). The summed E-state index contributed by atoms with van der Waals surface area (Å²) in [6, 6.07) is 8.08. The fraction of sp³-hybridized carbons (Fsp3) is 0.600. The third-order valence-corrected chi connectivity index (χ3v) is 4.20. The third kappa shape index (κ3) is 2.93. The molecule has 1 heterocycles. The number of rotatable bonds is 5. The van der Waals surface area contributed by atoms with Crippen LogP contribution < -0.4 is 10.2 Å².